The van der Waals surface area contributed by atoms with Crippen molar-refractivity contribution < 1.29 is 30.1 Å². The van der Waals surface area contributed by atoms with E-state index in [-0.39, 0.29) is 54.8 Å². The number of hydrogen-bond acceptors (Lipinski definition) is 6. The molecule has 9 nitrogen and oxygen atoms in total. The van der Waals surface area contributed by atoms with Crippen LogP contribution in [0.5, 0.6) is 0 Å². The smallest absolute Gasteiger partial charge is 0.312 e. The van der Waals surface area contributed by atoms with Crippen LogP contribution in [-0.4, -0.2) is 42.5 Å². The van der Waals surface area contributed by atoms with E-state index in [2.05, 4.69) is 36.1 Å². The number of nitrogens with two attached hydrogens (primary N) is 1. The van der Waals surface area contributed by atoms with Gasteiger partial charge in [-0.25, -0.2) is 4.79 Å². The van der Waals surface area contributed by atoms with Crippen molar-refractivity contribution in [2.45, 2.75) is 85.8 Å². The minimum absolute atomic E-state index is 0.0198. The first kappa shape index (κ1) is 30.0. The molecule has 4 N–H and O–H groups in total. The van der Waals surface area contributed by atoms with Crippen molar-refractivity contribution >= 4 is 30.0 Å². The lowest BCUT2D eigenvalue weighted by Gasteiger charge is -2.25. The molecule has 0 saturated heterocycles. The van der Waals surface area contributed by atoms with Crippen molar-refractivity contribution in [1.82, 2.24) is 10.6 Å². The van der Waals surface area contributed by atoms with Gasteiger partial charge in [-0.3, -0.25) is 19.2 Å². The Labute approximate surface area is 221 Å². The number of Topliss-reactive ketones (excluding diaryl/α,β-unsaturated/α-hetero) is 2. The third-order valence-corrected chi connectivity index (χ3v) is 6.12. The lowest BCUT2D eigenvalue weighted by molar-refractivity contribution is -0.133. The first-order valence-electron chi connectivity index (χ1n) is 13.3. The molecule has 3 amide bonds. The number of ketones is 2. The summed E-state index contributed by atoms with van der Waals surface area (Å²) in [6.45, 7) is 10.2. The van der Waals surface area contributed by atoms with Crippen LogP contribution < -0.4 is 16.4 Å². The first-order chi connectivity index (χ1) is 17.7. The van der Waals surface area contributed by atoms with Crippen LogP contribution in [0.2, 0.25) is 0 Å². The van der Waals surface area contributed by atoms with Gasteiger partial charge < -0.3 is 21.1 Å². The highest BCUT2D eigenvalue weighted by molar-refractivity contribution is 5.92. The highest BCUT2D eigenvalue weighted by Crippen LogP contribution is 2.24. The topological polar surface area (TPSA) is 145 Å². The van der Waals surface area contributed by atoms with Gasteiger partial charge in [0.2, 0.25) is 5.91 Å². The number of carbonyl (C=O) groups is 5. The maximum Gasteiger partial charge on any atom is 0.312 e. The molecular formula is C28H43N3O6. The maximum absolute atomic E-state index is 13.2. The first-order valence-corrected chi connectivity index (χ1v) is 12.8. The SMILES string of the molecule is [2H]C(=O)OCc1ccc(CC(=O)[C@H](CCCNC(N)=O)NC(=O)[C@@H](CC(=O)CCC(C)(C)C)C(C)C)cc1. The second-order valence-corrected chi connectivity index (χ2v) is 11.0. The minimum Gasteiger partial charge on any atom is -0.463 e. The molecular weight excluding hydrogens is 474 g/mol. The molecule has 1 aromatic rings. The Hall–Kier alpha value is -3.23. The van der Waals surface area contributed by atoms with E-state index < -0.39 is 24.4 Å². The van der Waals surface area contributed by atoms with Crippen LogP contribution in [-0.2, 0) is 36.9 Å². The van der Waals surface area contributed by atoms with Crippen LogP contribution >= 0.6 is 0 Å². The van der Waals surface area contributed by atoms with Gasteiger partial charge in [0.25, 0.3) is 6.45 Å². The third kappa shape index (κ3) is 13.6. The molecule has 2 atom stereocenters. The van der Waals surface area contributed by atoms with Gasteiger partial charge in [0.05, 0.1) is 6.04 Å². The summed E-state index contributed by atoms with van der Waals surface area (Å²) < 4.78 is 11.5. The fourth-order valence-electron chi connectivity index (χ4n) is 3.79. The van der Waals surface area contributed by atoms with Crippen molar-refractivity contribution in [2.75, 3.05) is 6.54 Å². The van der Waals surface area contributed by atoms with Gasteiger partial charge in [0, 0.05) is 31.7 Å². The number of ether oxygens (including phenoxy) is 1. The molecule has 0 aliphatic rings. The van der Waals surface area contributed by atoms with Gasteiger partial charge in [0.1, 0.15) is 12.4 Å². The van der Waals surface area contributed by atoms with Crippen LogP contribution in [0.25, 0.3) is 0 Å². The summed E-state index contributed by atoms with van der Waals surface area (Å²) in [6.07, 6.45) is 0.912. The molecule has 0 radical (unpaired) electrons. The van der Waals surface area contributed by atoms with Crippen molar-refractivity contribution in [3.05, 3.63) is 35.4 Å². The fourth-order valence-corrected chi connectivity index (χ4v) is 3.79. The molecule has 0 aliphatic heterocycles. The molecule has 0 unspecified atom stereocenters. The molecule has 1 rings (SSSR count). The molecule has 0 aromatic heterocycles. The number of carbonyl (C=O) groups excluding carboxylic acids is 5. The van der Waals surface area contributed by atoms with E-state index in [0.717, 1.165) is 6.42 Å². The van der Waals surface area contributed by atoms with Crippen molar-refractivity contribution in [3.63, 3.8) is 0 Å². The fraction of sp³-hybridized carbons (Fsp3) is 0.607. The summed E-state index contributed by atoms with van der Waals surface area (Å²) in [5.41, 5.74) is 6.53. The highest BCUT2D eigenvalue weighted by atomic mass is 16.5. The van der Waals surface area contributed by atoms with E-state index >= 15 is 0 Å². The maximum atomic E-state index is 13.2. The van der Waals surface area contributed by atoms with Crippen LogP contribution in [0.1, 0.15) is 79.2 Å². The molecule has 0 bridgehead atoms. The van der Waals surface area contributed by atoms with Gasteiger partial charge in [-0.05, 0) is 41.7 Å². The van der Waals surface area contributed by atoms with Crippen LogP contribution in [0, 0.1) is 17.3 Å². The molecule has 0 spiro atoms. The van der Waals surface area contributed by atoms with E-state index in [1.165, 1.54) is 0 Å². The Morgan fingerprint density at radius 1 is 1.11 bits per heavy atom. The molecule has 206 valence electrons. The molecule has 0 aliphatic carbocycles. The monoisotopic (exact) mass is 518 g/mol. The molecule has 0 saturated carbocycles. The van der Waals surface area contributed by atoms with Gasteiger partial charge >= 0.3 is 6.03 Å². The van der Waals surface area contributed by atoms with Gasteiger partial charge in [-0.15, -0.1) is 0 Å². The average Bonchev–Trinajstić information content (AvgIpc) is 2.81. The summed E-state index contributed by atoms with van der Waals surface area (Å²) in [5, 5.41) is 5.35. The van der Waals surface area contributed by atoms with E-state index in [4.69, 9.17) is 7.10 Å². The van der Waals surface area contributed by atoms with Crippen molar-refractivity contribution in [1.29, 1.82) is 0 Å². The Bertz CT molecular complexity index is 956. The van der Waals surface area contributed by atoms with Gasteiger partial charge in [-0.1, -0.05) is 58.9 Å². The second-order valence-electron chi connectivity index (χ2n) is 11.0. The Kier molecular flexibility index (Phi) is 12.8. The molecule has 0 heterocycles. The Morgan fingerprint density at radius 2 is 1.73 bits per heavy atom. The van der Waals surface area contributed by atoms with Crippen LogP contribution in [0.4, 0.5) is 4.79 Å². The molecule has 1 aromatic carbocycles. The van der Waals surface area contributed by atoms with E-state index in [1.807, 2.05) is 13.8 Å². The number of hydrogen-bond donors (Lipinski definition) is 3. The number of urea groups is 1. The van der Waals surface area contributed by atoms with Gasteiger partial charge in [0.15, 0.2) is 7.15 Å². The zero-order chi connectivity index (χ0) is 28.9. The zero-order valence-electron chi connectivity index (χ0n) is 23.7. The number of rotatable bonds is 16. The Balaban J connectivity index is 2.91. The third-order valence-electron chi connectivity index (χ3n) is 6.12. The number of benzene rings is 1. The van der Waals surface area contributed by atoms with Crippen molar-refractivity contribution in [3.8, 4) is 0 Å². The highest BCUT2D eigenvalue weighted by Gasteiger charge is 2.29. The number of primary amides is 1. The van der Waals surface area contributed by atoms with Crippen LogP contribution in [0.3, 0.4) is 0 Å². The van der Waals surface area contributed by atoms with Crippen LogP contribution in [0.15, 0.2) is 24.3 Å². The predicted molar refractivity (Wildman–Crippen MR) is 141 cm³/mol. The van der Waals surface area contributed by atoms with Crippen molar-refractivity contribution in [2.24, 2.45) is 23.0 Å². The van der Waals surface area contributed by atoms with Gasteiger partial charge in [-0.2, -0.15) is 0 Å². The summed E-state index contributed by atoms with van der Waals surface area (Å²) >= 11 is 0. The summed E-state index contributed by atoms with van der Waals surface area (Å²) in [5.74, 6) is -1.16. The average molecular weight is 519 g/mol. The largest absolute Gasteiger partial charge is 0.463 e. The number of amides is 3. The summed E-state index contributed by atoms with van der Waals surface area (Å²) in [7, 11) is 0. The minimum atomic E-state index is -1.12. The second kappa shape index (κ2) is 15.8. The molecule has 0 fully saturated rings. The lowest BCUT2D eigenvalue weighted by atomic mass is 9.85. The van der Waals surface area contributed by atoms with E-state index in [9.17, 15) is 24.0 Å². The zero-order valence-corrected chi connectivity index (χ0v) is 22.7. The lowest BCUT2D eigenvalue weighted by Crippen LogP contribution is -2.46. The predicted octanol–water partition coefficient (Wildman–Crippen LogP) is 3.46. The molecule has 37 heavy (non-hydrogen) atoms. The summed E-state index contributed by atoms with van der Waals surface area (Å²) in [6, 6.07) is 5.39. The van der Waals surface area contributed by atoms with E-state index in [1.54, 1.807) is 24.3 Å². The number of nitrogens with one attached hydrogen (secondary N) is 2. The normalized spacial score (nSPS) is 13.3. The Morgan fingerprint density at radius 3 is 2.27 bits per heavy atom. The summed E-state index contributed by atoms with van der Waals surface area (Å²) in [4.78, 5) is 60.7. The molecule has 9 heteroatoms. The van der Waals surface area contributed by atoms with E-state index in [0.29, 0.717) is 30.4 Å². The standard InChI is InChI=1S/C28H43N3O6/c1-19(2)23(16-22(33)12-13-28(3,4)5)26(35)31-24(7-6-14-30-27(29)36)25(34)15-20-8-10-21(11-9-20)17-37-18-32/h8-11,18-19,23-24H,6-7,12-17H2,1-5H3,(H,31,35)(H3,29,30,36)/t23-,24-/m0/s1/i18D. The quantitative estimate of drug-likeness (QED) is 0.226.